The van der Waals surface area contributed by atoms with Crippen LogP contribution in [0.25, 0.3) is 0 Å². The lowest BCUT2D eigenvalue weighted by molar-refractivity contribution is 0.254. The Morgan fingerprint density at radius 1 is 1.21 bits per heavy atom. The van der Waals surface area contributed by atoms with Gasteiger partial charge >= 0.3 is 0 Å². The molecule has 4 heteroatoms. The number of hydrogen-bond donors (Lipinski definition) is 1. The van der Waals surface area contributed by atoms with E-state index < -0.39 is 0 Å². The van der Waals surface area contributed by atoms with Gasteiger partial charge in [-0.15, -0.1) is 0 Å². The van der Waals surface area contributed by atoms with Crippen molar-refractivity contribution in [2.45, 2.75) is 26.7 Å². The van der Waals surface area contributed by atoms with Crippen LogP contribution in [0.4, 0.5) is 11.5 Å². The number of hydrogen-bond acceptors (Lipinski definition) is 4. The zero-order chi connectivity index (χ0) is 13.5. The van der Waals surface area contributed by atoms with Crippen LogP contribution in [0.1, 0.15) is 26.7 Å². The number of rotatable bonds is 6. The third-order valence-corrected chi connectivity index (χ3v) is 3.65. The van der Waals surface area contributed by atoms with Gasteiger partial charge in [-0.25, -0.2) is 4.98 Å². The Bertz CT molecular complexity index is 372. The van der Waals surface area contributed by atoms with Crippen LogP contribution in [-0.4, -0.2) is 49.2 Å². The Kier molecular flexibility index (Phi) is 5.45. The summed E-state index contributed by atoms with van der Waals surface area (Å²) >= 11 is 0. The molecule has 106 valence electrons. The molecule has 0 spiro atoms. The van der Waals surface area contributed by atoms with Gasteiger partial charge in [0.15, 0.2) is 5.82 Å². The molecule has 1 saturated heterocycles. The number of nitrogens with zero attached hydrogens (tertiary/aromatic N) is 3. The van der Waals surface area contributed by atoms with E-state index in [2.05, 4.69) is 40.0 Å². The largest absolute Gasteiger partial charge is 0.382 e. The van der Waals surface area contributed by atoms with Crippen molar-refractivity contribution in [3.8, 4) is 0 Å². The zero-order valence-corrected chi connectivity index (χ0v) is 12.2. The van der Waals surface area contributed by atoms with Crippen molar-refractivity contribution in [1.29, 1.82) is 0 Å². The summed E-state index contributed by atoms with van der Waals surface area (Å²) in [4.78, 5) is 9.52. The van der Waals surface area contributed by atoms with Crippen LogP contribution in [-0.2, 0) is 0 Å². The van der Waals surface area contributed by atoms with E-state index in [0.29, 0.717) is 0 Å². The van der Waals surface area contributed by atoms with Gasteiger partial charge in [0.05, 0.1) is 5.69 Å². The summed E-state index contributed by atoms with van der Waals surface area (Å²) in [5.74, 6) is 1.11. The van der Waals surface area contributed by atoms with Crippen molar-refractivity contribution in [2.24, 2.45) is 0 Å². The predicted molar refractivity (Wildman–Crippen MR) is 82.0 cm³/mol. The Labute approximate surface area is 116 Å². The fraction of sp³-hybridized carbons (Fsp3) is 0.667. The van der Waals surface area contributed by atoms with Gasteiger partial charge in [0.1, 0.15) is 0 Å². The molecule has 1 aromatic heterocycles. The van der Waals surface area contributed by atoms with Crippen LogP contribution in [0, 0.1) is 0 Å². The second-order valence-corrected chi connectivity index (χ2v) is 5.09. The average molecular weight is 262 g/mol. The molecule has 0 bridgehead atoms. The summed E-state index contributed by atoms with van der Waals surface area (Å²) in [6, 6.07) is 4.12. The molecule has 19 heavy (non-hydrogen) atoms. The first-order valence-electron chi connectivity index (χ1n) is 7.51. The standard InChI is InChI=1S/C15H26N4/c1-3-5-9-18-10-12-19(13-11-18)15-14(16-4-2)7-6-8-17-15/h6-8,16H,3-5,9-13H2,1-2H3. The summed E-state index contributed by atoms with van der Waals surface area (Å²) in [5.41, 5.74) is 1.16. The molecule has 0 amide bonds. The van der Waals surface area contributed by atoms with Crippen LogP contribution >= 0.6 is 0 Å². The highest BCUT2D eigenvalue weighted by Gasteiger charge is 2.19. The Morgan fingerprint density at radius 3 is 2.68 bits per heavy atom. The summed E-state index contributed by atoms with van der Waals surface area (Å²) in [7, 11) is 0. The SMILES string of the molecule is CCCCN1CCN(c2ncccc2NCC)CC1. The molecule has 0 unspecified atom stereocenters. The van der Waals surface area contributed by atoms with E-state index >= 15 is 0 Å². The lowest BCUT2D eigenvalue weighted by atomic mass is 10.2. The van der Waals surface area contributed by atoms with Crippen molar-refractivity contribution < 1.29 is 0 Å². The van der Waals surface area contributed by atoms with Crippen LogP contribution in [0.15, 0.2) is 18.3 Å². The maximum absolute atomic E-state index is 4.55. The van der Waals surface area contributed by atoms with E-state index in [1.807, 2.05) is 12.3 Å². The first-order valence-corrected chi connectivity index (χ1v) is 7.51. The van der Waals surface area contributed by atoms with Crippen molar-refractivity contribution >= 4 is 11.5 Å². The molecular formula is C15H26N4. The molecule has 1 aliphatic rings. The summed E-state index contributed by atoms with van der Waals surface area (Å²) in [6.45, 7) is 11.0. The highest BCUT2D eigenvalue weighted by Crippen LogP contribution is 2.23. The molecule has 0 aliphatic carbocycles. The molecule has 4 nitrogen and oxygen atoms in total. The minimum Gasteiger partial charge on any atom is -0.382 e. The van der Waals surface area contributed by atoms with Gasteiger partial charge in [0.25, 0.3) is 0 Å². The number of anilines is 2. The molecular weight excluding hydrogens is 236 g/mol. The molecule has 1 fully saturated rings. The smallest absolute Gasteiger partial charge is 0.152 e. The molecule has 0 radical (unpaired) electrons. The lowest BCUT2D eigenvalue weighted by Crippen LogP contribution is -2.47. The molecule has 0 atom stereocenters. The fourth-order valence-corrected chi connectivity index (χ4v) is 2.54. The Balaban J connectivity index is 1.93. The van der Waals surface area contributed by atoms with Gasteiger partial charge in [-0.3, -0.25) is 4.90 Å². The van der Waals surface area contributed by atoms with Crippen molar-refractivity contribution in [2.75, 3.05) is 49.5 Å². The topological polar surface area (TPSA) is 31.4 Å². The van der Waals surface area contributed by atoms with E-state index in [1.54, 1.807) is 0 Å². The second-order valence-electron chi connectivity index (χ2n) is 5.09. The predicted octanol–water partition coefficient (Wildman–Crippen LogP) is 2.44. The first-order chi connectivity index (χ1) is 9.35. The lowest BCUT2D eigenvalue weighted by Gasteiger charge is -2.36. The quantitative estimate of drug-likeness (QED) is 0.853. The first kappa shape index (κ1) is 14.1. The number of aromatic nitrogens is 1. The highest BCUT2D eigenvalue weighted by molar-refractivity contribution is 5.65. The van der Waals surface area contributed by atoms with Gasteiger partial charge in [0, 0.05) is 38.9 Å². The number of nitrogens with one attached hydrogen (secondary N) is 1. The Morgan fingerprint density at radius 2 is 2.00 bits per heavy atom. The van der Waals surface area contributed by atoms with Crippen LogP contribution in [0.2, 0.25) is 0 Å². The molecule has 0 aromatic carbocycles. The highest BCUT2D eigenvalue weighted by atomic mass is 15.3. The Hall–Kier alpha value is -1.29. The molecule has 2 heterocycles. The van der Waals surface area contributed by atoms with E-state index in [9.17, 15) is 0 Å². The van der Waals surface area contributed by atoms with E-state index in [-0.39, 0.29) is 0 Å². The second kappa shape index (κ2) is 7.34. The van der Waals surface area contributed by atoms with Crippen LogP contribution < -0.4 is 10.2 Å². The van der Waals surface area contributed by atoms with Gasteiger partial charge in [0.2, 0.25) is 0 Å². The third-order valence-electron chi connectivity index (χ3n) is 3.65. The molecule has 0 saturated carbocycles. The zero-order valence-electron chi connectivity index (χ0n) is 12.2. The van der Waals surface area contributed by atoms with E-state index in [4.69, 9.17) is 0 Å². The number of pyridine rings is 1. The van der Waals surface area contributed by atoms with Gasteiger partial charge in [-0.05, 0) is 32.0 Å². The van der Waals surface area contributed by atoms with Crippen molar-refractivity contribution in [3.63, 3.8) is 0 Å². The third kappa shape index (κ3) is 3.83. The maximum Gasteiger partial charge on any atom is 0.152 e. The number of unbranched alkanes of at least 4 members (excludes halogenated alkanes) is 1. The fourth-order valence-electron chi connectivity index (χ4n) is 2.54. The van der Waals surface area contributed by atoms with E-state index in [0.717, 1.165) is 44.2 Å². The van der Waals surface area contributed by atoms with Crippen LogP contribution in [0.5, 0.6) is 0 Å². The van der Waals surface area contributed by atoms with Crippen molar-refractivity contribution in [1.82, 2.24) is 9.88 Å². The minimum atomic E-state index is 0.940. The maximum atomic E-state index is 4.55. The van der Waals surface area contributed by atoms with E-state index in [1.165, 1.54) is 19.4 Å². The van der Waals surface area contributed by atoms with Crippen LogP contribution in [0.3, 0.4) is 0 Å². The minimum absolute atomic E-state index is 0.940. The van der Waals surface area contributed by atoms with Crippen molar-refractivity contribution in [3.05, 3.63) is 18.3 Å². The summed E-state index contributed by atoms with van der Waals surface area (Å²) in [6.07, 6.45) is 4.48. The monoisotopic (exact) mass is 262 g/mol. The van der Waals surface area contributed by atoms with Gasteiger partial charge < -0.3 is 10.2 Å². The number of piperazine rings is 1. The average Bonchev–Trinajstić information content (AvgIpc) is 2.47. The molecule has 1 aliphatic heterocycles. The summed E-state index contributed by atoms with van der Waals surface area (Å²) < 4.78 is 0. The van der Waals surface area contributed by atoms with Gasteiger partial charge in [-0.1, -0.05) is 13.3 Å². The summed E-state index contributed by atoms with van der Waals surface area (Å²) in [5, 5.41) is 3.40. The molecule has 1 aromatic rings. The van der Waals surface area contributed by atoms with Gasteiger partial charge in [-0.2, -0.15) is 0 Å². The molecule has 2 rings (SSSR count). The normalized spacial score (nSPS) is 16.6. The molecule has 1 N–H and O–H groups in total.